The van der Waals surface area contributed by atoms with Gasteiger partial charge in [-0.05, 0) is 49.4 Å². The maximum absolute atomic E-state index is 12.9. The fourth-order valence-corrected chi connectivity index (χ4v) is 4.95. The molecule has 0 aromatic heterocycles. The van der Waals surface area contributed by atoms with Crippen molar-refractivity contribution in [3.8, 4) is 0 Å². The summed E-state index contributed by atoms with van der Waals surface area (Å²) in [6.07, 6.45) is 3.49. The first-order valence-electron chi connectivity index (χ1n) is 8.77. The maximum Gasteiger partial charge on any atom is 0.243 e. The van der Waals surface area contributed by atoms with Gasteiger partial charge in [-0.3, -0.25) is 4.79 Å². The van der Waals surface area contributed by atoms with Gasteiger partial charge in [0.2, 0.25) is 15.9 Å². The van der Waals surface area contributed by atoms with Crippen LogP contribution in [0.25, 0.3) is 0 Å². The average molecular weight is 364 g/mol. The highest BCUT2D eigenvalue weighted by molar-refractivity contribution is 7.89. The standard InChI is InChI=1S/C18H24N2O4S/c1-14(21)5-8-18(22)19-9-11-20(12-10-19)25(23,24)17-7-6-15-3-2-4-16(15)13-17/h6-7,13H,2-5,8-12H2,1H3. The summed E-state index contributed by atoms with van der Waals surface area (Å²) in [5.74, 6) is -0.0871. The molecular weight excluding hydrogens is 340 g/mol. The SMILES string of the molecule is CC(=O)CCC(=O)N1CCN(S(=O)(=O)c2ccc3c(c2)CCC3)CC1. The zero-order valence-corrected chi connectivity index (χ0v) is 15.3. The van der Waals surface area contributed by atoms with Gasteiger partial charge in [0.15, 0.2) is 0 Å². The van der Waals surface area contributed by atoms with Crippen molar-refractivity contribution in [1.29, 1.82) is 0 Å². The Labute approximate surface area is 148 Å². The van der Waals surface area contributed by atoms with Crippen molar-refractivity contribution in [3.05, 3.63) is 29.3 Å². The fourth-order valence-electron chi connectivity index (χ4n) is 3.48. The first kappa shape index (κ1) is 18.1. The van der Waals surface area contributed by atoms with Gasteiger partial charge in [0.05, 0.1) is 4.90 Å². The molecule has 0 atom stereocenters. The number of hydrogen-bond acceptors (Lipinski definition) is 4. The number of piperazine rings is 1. The minimum absolute atomic E-state index is 0.00817. The highest BCUT2D eigenvalue weighted by atomic mass is 32.2. The average Bonchev–Trinajstić information content (AvgIpc) is 3.07. The van der Waals surface area contributed by atoms with E-state index in [1.165, 1.54) is 16.8 Å². The molecule has 136 valence electrons. The van der Waals surface area contributed by atoms with Crippen LogP contribution in [0, 0.1) is 0 Å². The minimum Gasteiger partial charge on any atom is -0.340 e. The minimum atomic E-state index is -3.52. The summed E-state index contributed by atoms with van der Waals surface area (Å²) in [5, 5.41) is 0. The molecule has 0 saturated carbocycles. The molecule has 1 saturated heterocycles. The smallest absolute Gasteiger partial charge is 0.243 e. The number of carbonyl (C=O) groups excluding carboxylic acids is 2. The van der Waals surface area contributed by atoms with Crippen LogP contribution in [0.3, 0.4) is 0 Å². The van der Waals surface area contributed by atoms with Crippen LogP contribution >= 0.6 is 0 Å². The number of fused-ring (bicyclic) bond motifs is 1. The highest BCUT2D eigenvalue weighted by Crippen LogP contribution is 2.26. The molecule has 1 fully saturated rings. The van der Waals surface area contributed by atoms with E-state index in [2.05, 4.69) is 0 Å². The van der Waals surface area contributed by atoms with Gasteiger partial charge in [-0.2, -0.15) is 4.31 Å². The molecule has 1 aliphatic carbocycles. The van der Waals surface area contributed by atoms with Crippen molar-refractivity contribution < 1.29 is 18.0 Å². The Morgan fingerprint density at radius 1 is 1.00 bits per heavy atom. The van der Waals surface area contributed by atoms with Gasteiger partial charge in [-0.1, -0.05) is 6.07 Å². The van der Waals surface area contributed by atoms with Crippen molar-refractivity contribution >= 4 is 21.7 Å². The number of rotatable bonds is 5. The van der Waals surface area contributed by atoms with E-state index >= 15 is 0 Å². The van der Waals surface area contributed by atoms with E-state index in [0.29, 0.717) is 31.1 Å². The molecule has 1 amide bonds. The topological polar surface area (TPSA) is 74.8 Å². The number of aryl methyl sites for hydroxylation is 2. The number of benzene rings is 1. The fraction of sp³-hybridized carbons (Fsp3) is 0.556. The number of hydrogen-bond donors (Lipinski definition) is 0. The third-order valence-corrected chi connectivity index (χ3v) is 6.88. The number of nitrogens with zero attached hydrogens (tertiary/aromatic N) is 2. The molecule has 1 heterocycles. The molecule has 1 aromatic carbocycles. The first-order chi connectivity index (χ1) is 11.9. The van der Waals surface area contributed by atoms with Gasteiger partial charge in [0.1, 0.15) is 5.78 Å². The van der Waals surface area contributed by atoms with E-state index in [-0.39, 0.29) is 24.5 Å². The summed E-state index contributed by atoms with van der Waals surface area (Å²) < 4.78 is 27.2. The number of carbonyl (C=O) groups is 2. The van der Waals surface area contributed by atoms with E-state index in [1.807, 2.05) is 12.1 Å². The second-order valence-electron chi connectivity index (χ2n) is 6.77. The molecule has 0 unspecified atom stereocenters. The third-order valence-electron chi connectivity index (χ3n) is 4.99. The monoisotopic (exact) mass is 364 g/mol. The lowest BCUT2D eigenvalue weighted by Crippen LogP contribution is -2.50. The maximum atomic E-state index is 12.9. The third kappa shape index (κ3) is 3.93. The second kappa shape index (κ2) is 7.25. The van der Waals surface area contributed by atoms with Crippen molar-refractivity contribution in [2.24, 2.45) is 0 Å². The van der Waals surface area contributed by atoms with Crippen LogP contribution in [0.4, 0.5) is 0 Å². The number of sulfonamides is 1. The Balaban J connectivity index is 1.64. The van der Waals surface area contributed by atoms with Gasteiger partial charge in [-0.25, -0.2) is 8.42 Å². The van der Waals surface area contributed by atoms with E-state index in [1.54, 1.807) is 11.0 Å². The lowest BCUT2D eigenvalue weighted by atomic mass is 10.1. The molecular formula is C18H24N2O4S. The second-order valence-corrected chi connectivity index (χ2v) is 8.71. The Morgan fingerprint density at radius 2 is 1.68 bits per heavy atom. The zero-order chi connectivity index (χ0) is 18.0. The molecule has 0 spiro atoms. The summed E-state index contributed by atoms with van der Waals surface area (Å²) in [6, 6.07) is 5.43. The summed E-state index contributed by atoms with van der Waals surface area (Å²) in [5.41, 5.74) is 2.39. The van der Waals surface area contributed by atoms with Crippen LogP contribution in [-0.2, 0) is 32.5 Å². The van der Waals surface area contributed by atoms with Crippen LogP contribution in [0.15, 0.2) is 23.1 Å². The van der Waals surface area contributed by atoms with Crippen molar-refractivity contribution in [1.82, 2.24) is 9.21 Å². The zero-order valence-electron chi connectivity index (χ0n) is 14.5. The predicted octanol–water partition coefficient (Wildman–Crippen LogP) is 1.38. The summed E-state index contributed by atoms with van der Waals surface area (Å²) in [4.78, 5) is 25.1. The van der Waals surface area contributed by atoms with Crippen LogP contribution in [0.5, 0.6) is 0 Å². The van der Waals surface area contributed by atoms with Gasteiger partial charge in [0, 0.05) is 39.0 Å². The Bertz CT molecular complexity index is 780. The molecule has 25 heavy (non-hydrogen) atoms. The Hall–Kier alpha value is -1.73. The molecule has 1 aliphatic heterocycles. The van der Waals surface area contributed by atoms with E-state index in [4.69, 9.17) is 0 Å². The van der Waals surface area contributed by atoms with Crippen molar-refractivity contribution in [3.63, 3.8) is 0 Å². The van der Waals surface area contributed by atoms with Gasteiger partial charge >= 0.3 is 0 Å². The van der Waals surface area contributed by atoms with Crippen LogP contribution in [0.2, 0.25) is 0 Å². The lowest BCUT2D eigenvalue weighted by Gasteiger charge is -2.34. The molecule has 6 nitrogen and oxygen atoms in total. The Morgan fingerprint density at radius 3 is 2.36 bits per heavy atom. The summed E-state index contributed by atoms with van der Waals surface area (Å²) in [6.45, 7) is 2.81. The van der Waals surface area contributed by atoms with E-state index in [0.717, 1.165) is 24.8 Å². The number of amides is 1. The van der Waals surface area contributed by atoms with Crippen LogP contribution < -0.4 is 0 Å². The van der Waals surface area contributed by atoms with E-state index in [9.17, 15) is 18.0 Å². The normalized spacial score (nSPS) is 18.2. The van der Waals surface area contributed by atoms with Crippen LogP contribution in [0.1, 0.15) is 37.3 Å². The molecule has 0 bridgehead atoms. The van der Waals surface area contributed by atoms with Crippen LogP contribution in [-0.4, -0.2) is 55.5 Å². The lowest BCUT2D eigenvalue weighted by molar-refractivity contribution is -0.134. The molecule has 1 aromatic rings. The molecule has 0 radical (unpaired) electrons. The molecule has 0 N–H and O–H groups in total. The number of ketones is 1. The molecule has 7 heteroatoms. The van der Waals surface area contributed by atoms with Gasteiger partial charge in [-0.15, -0.1) is 0 Å². The first-order valence-corrected chi connectivity index (χ1v) is 10.2. The predicted molar refractivity (Wildman–Crippen MR) is 93.7 cm³/mol. The summed E-state index contributed by atoms with van der Waals surface area (Å²) >= 11 is 0. The summed E-state index contributed by atoms with van der Waals surface area (Å²) in [7, 11) is -3.52. The highest BCUT2D eigenvalue weighted by Gasteiger charge is 2.30. The van der Waals surface area contributed by atoms with E-state index < -0.39 is 10.0 Å². The Kier molecular flexibility index (Phi) is 5.24. The number of Topliss-reactive ketones (excluding diaryl/α,β-unsaturated/α-hetero) is 1. The van der Waals surface area contributed by atoms with Gasteiger partial charge < -0.3 is 9.69 Å². The largest absolute Gasteiger partial charge is 0.340 e. The quantitative estimate of drug-likeness (QED) is 0.791. The molecule has 3 rings (SSSR count). The van der Waals surface area contributed by atoms with Gasteiger partial charge in [0.25, 0.3) is 0 Å². The van der Waals surface area contributed by atoms with Crippen molar-refractivity contribution in [2.75, 3.05) is 26.2 Å². The van der Waals surface area contributed by atoms with Crippen molar-refractivity contribution in [2.45, 2.75) is 43.9 Å². The molecule has 2 aliphatic rings.